The standard InChI is InChI=1S/C18H30N2/c1-6-12-19-14-16-10-8-9-11-17(16)15-20(13-7-2)18(3,4)5/h7-11,19H,2,6,12-15H2,1,3-5H3. The fourth-order valence-corrected chi connectivity index (χ4v) is 2.22. The highest BCUT2D eigenvalue weighted by atomic mass is 15.2. The van der Waals surface area contributed by atoms with E-state index in [4.69, 9.17) is 0 Å². The molecule has 1 N–H and O–H groups in total. The van der Waals surface area contributed by atoms with Gasteiger partial charge in [-0.15, -0.1) is 6.58 Å². The topological polar surface area (TPSA) is 15.3 Å². The van der Waals surface area contributed by atoms with Crippen molar-refractivity contribution in [3.05, 3.63) is 48.0 Å². The molecular weight excluding hydrogens is 244 g/mol. The Kier molecular flexibility index (Phi) is 6.97. The molecule has 0 fully saturated rings. The minimum atomic E-state index is 0.151. The fourth-order valence-electron chi connectivity index (χ4n) is 2.22. The highest BCUT2D eigenvalue weighted by Crippen LogP contribution is 2.19. The van der Waals surface area contributed by atoms with Crippen LogP contribution in [0.25, 0.3) is 0 Å². The molecule has 0 saturated heterocycles. The SMILES string of the molecule is C=CCN(Cc1ccccc1CNCCC)C(C)(C)C. The van der Waals surface area contributed by atoms with Crippen LogP contribution in [0.15, 0.2) is 36.9 Å². The van der Waals surface area contributed by atoms with E-state index >= 15 is 0 Å². The molecule has 0 aliphatic rings. The molecule has 1 aromatic rings. The lowest BCUT2D eigenvalue weighted by Gasteiger charge is -2.35. The van der Waals surface area contributed by atoms with Crippen molar-refractivity contribution in [1.29, 1.82) is 0 Å². The van der Waals surface area contributed by atoms with Crippen molar-refractivity contribution in [1.82, 2.24) is 10.2 Å². The number of rotatable bonds is 8. The Morgan fingerprint density at radius 3 is 2.40 bits per heavy atom. The molecule has 20 heavy (non-hydrogen) atoms. The summed E-state index contributed by atoms with van der Waals surface area (Å²) < 4.78 is 0. The Morgan fingerprint density at radius 2 is 1.85 bits per heavy atom. The van der Waals surface area contributed by atoms with Gasteiger partial charge >= 0.3 is 0 Å². The summed E-state index contributed by atoms with van der Waals surface area (Å²) in [5.41, 5.74) is 2.96. The maximum absolute atomic E-state index is 3.88. The van der Waals surface area contributed by atoms with Gasteiger partial charge in [0, 0.05) is 25.2 Å². The van der Waals surface area contributed by atoms with Crippen LogP contribution in [-0.4, -0.2) is 23.5 Å². The molecule has 1 rings (SSSR count). The molecule has 0 aliphatic carbocycles. The molecule has 0 unspecified atom stereocenters. The van der Waals surface area contributed by atoms with Crippen LogP contribution in [0.2, 0.25) is 0 Å². The molecule has 0 saturated carbocycles. The predicted molar refractivity (Wildman–Crippen MR) is 88.8 cm³/mol. The maximum Gasteiger partial charge on any atom is 0.0245 e. The molecule has 0 amide bonds. The molecule has 2 heteroatoms. The zero-order valence-corrected chi connectivity index (χ0v) is 13.6. The largest absolute Gasteiger partial charge is 0.313 e. The highest BCUT2D eigenvalue weighted by molar-refractivity contribution is 5.27. The van der Waals surface area contributed by atoms with Gasteiger partial charge in [0.25, 0.3) is 0 Å². The fraction of sp³-hybridized carbons (Fsp3) is 0.556. The number of hydrogen-bond acceptors (Lipinski definition) is 2. The van der Waals surface area contributed by atoms with Gasteiger partial charge < -0.3 is 5.32 Å². The van der Waals surface area contributed by atoms with Gasteiger partial charge in [-0.05, 0) is 44.9 Å². The first kappa shape index (κ1) is 16.9. The monoisotopic (exact) mass is 274 g/mol. The van der Waals surface area contributed by atoms with Gasteiger partial charge in [-0.2, -0.15) is 0 Å². The highest BCUT2D eigenvalue weighted by Gasteiger charge is 2.20. The van der Waals surface area contributed by atoms with Crippen molar-refractivity contribution in [3.8, 4) is 0 Å². The summed E-state index contributed by atoms with van der Waals surface area (Å²) in [6.07, 6.45) is 3.16. The first-order chi connectivity index (χ1) is 9.49. The summed E-state index contributed by atoms with van der Waals surface area (Å²) >= 11 is 0. The van der Waals surface area contributed by atoms with Crippen LogP contribution < -0.4 is 5.32 Å². The maximum atomic E-state index is 3.88. The zero-order valence-electron chi connectivity index (χ0n) is 13.6. The predicted octanol–water partition coefficient (Wildman–Crippen LogP) is 3.97. The first-order valence-electron chi connectivity index (χ1n) is 7.62. The summed E-state index contributed by atoms with van der Waals surface area (Å²) in [6.45, 7) is 16.8. The van der Waals surface area contributed by atoms with Crippen molar-refractivity contribution in [2.45, 2.75) is 52.7 Å². The lowest BCUT2D eigenvalue weighted by Crippen LogP contribution is -2.41. The van der Waals surface area contributed by atoms with Gasteiger partial charge in [-0.3, -0.25) is 4.90 Å². The third-order valence-electron chi connectivity index (χ3n) is 3.52. The molecule has 1 aromatic carbocycles. The molecule has 0 spiro atoms. The Morgan fingerprint density at radius 1 is 1.20 bits per heavy atom. The molecule has 112 valence electrons. The molecule has 0 heterocycles. The van der Waals surface area contributed by atoms with E-state index in [1.54, 1.807) is 0 Å². The molecule has 0 bridgehead atoms. The van der Waals surface area contributed by atoms with Crippen molar-refractivity contribution in [3.63, 3.8) is 0 Å². The van der Waals surface area contributed by atoms with E-state index in [2.05, 4.69) is 68.8 Å². The van der Waals surface area contributed by atoms with Crippen molar-refractivity contribution in [2.75, 3.05) is 13.1 Å². The molecule has 0 atom stereocenters. The first-order valence-corrected chi connectivity index (χ1v) is 7.62. The van der Waals surface area contributed by atoms with Crippen LogP contribution in [0.5, 0.6) is 0 Å². The third-order valence-corrected chi connectivity index (χ3v) is 3.52. The average molecular weight is 274 g/mol. The molecule has 0 aromatic heterocycles. The van der Waals surface area contributed by atoms with E-state index < -0.39 is 0 Å². The number of benzene rings is 1. The summed E-state index contributed by atoms with van der Waals surface area (Å²) in [7, 11) is 0. The second-order valence-electron chi connectivity index (χ2n) is 6.29. The van der Waals surface area contributed by atoms with Crippen LogP contribution in [0.3, 0.4) is 0 Å². The quantitative estimate of drug-likeness (QED) is 0.570. The number of hydrogen-bond donors (Lipinski definition) is 1. The van der Waals surface area contributed by atoms with E-state index in [0.717, 1.165) is 26.2 Å². The van der Waals surface area contributed by atoms with Crippen LogP contribution in [0, 0.1) is 0 Å². The Balaban J connectivity index is 2.81. The van der Waals surface area contributed by atoms with Crippen molar-refractivity contribution >= 4 is 0 Å². The average Bonchev–Trinajstić information content (AvgIpc) is 2.39. The van der Waals surface area contributed by atoms with E-state index in [9.17, 15) is 0 Å². The summed E-state index contributed by atoms with van der Waals surface area (Å²) in [5.74, 6) is 0. The second-order valence-corrected chi connectivity index (χ2v) is 6.29. The minimum absolute atomic E-state index is 0.151. The smallest absolute Gasteiger partial charge is 0.0245 e. The van der Waals surface area contributed by atoms with Gasteiger partial charge in [0.15, 0.2) is 0 Å². The van der Waals surface area contributed by atoms with E-state index in [-0.39, 0.29) is 5.54 Å². The Bertz CT molecular complexity index is 404. The van der Waals surface area contributed by atoms with Crippen LogP contribution in [-0.2, 0) is 13.1 Å². The van der Waals surface area contributed by atoms with Gasteiger partial charge in [0.2, 0.25) is 0 Å². The number of nitrogens with one attached hydrogen (secondary N) is 1. The lowest BCUT2D eigenvalue weighted by atomic mass is 10.0. The summed E-state index contributed by atoms with van der Waals surface area (Å²) in [4.78, 5) is 2.46. The normalized spacial score (nSPS) is 11.8. The molecular formula is C18H30N2. The second kappa shape index (κ2) is 8.23. The lowest BCUT2D eigenvalue weighted by molar-refractivity contribution is 0.145. The van der Waals surface area contributed by atoms with Crippen molar-refractivity contribution < 1.29 is 0 Å². The molecule has 0 aliphatic heterocycles. The van der Waals surface area contributed by atoms with Gasteiger partial charge in [-0.1, -0.05) is 37.3 Å². The van der Waals surface area contributed by atoms with Crippen LogP contribution in [0.4, 0.5) is 0 Å². The van der Waals surface area contributed by atoms with Gasteiger partial charge in [0.1, 0.15) is 0 Å². The van der Waals surface area contributed by atoms with E-state index in [1.807, 2.05) is 6.08 Å². The van der Waals surface area contributed by atoms with Gasteiger partial charge in [-0.25, -0.2) is 0 Å². The van der Waals surface area contributed by atoms with Crippen molar-refractivity contribution in [2.24, 2.45) is 0 Å². The van der Waals surface area contributed by atoms with E-state index in [0.29, 0.717) is 0 Å². The number of nitrogens with zero attached hydrogens (tertiary/aromatic N) is 1. The Hall–Kier alpha value is -1.12. The zero-order chi connectivity index (χ0) is 15.0. The Labute approximate surface area is 124 Å². The third kappa shape index (κ3) is 5.48. The van der Waals surface area contributed by atoms with E-state index in [1.165, 1.54) is 17.5 Å². The minimum Gasteiger partial charge on any atom is -0.313 e. The van der Waals surface area contributed by atoms with Gasteiger partial charge in [0.05, 0.1) is 0 Å². The summed E-state index contributed by atoms with van der Waals surface area (Å²) in [6, 6.07) is 8.73. The molecule has 2 nitrogen and oxygen atoms in total. The van der Waals surface area contributed by atoms with Crippen LogP contribution >= 0.6 is 0 Å². The van der Waals surface area contributed by atoms with Crippen LogP contribution in [0.1, 0.15) is 45.2 Å². The molecule has 0 radical (unpaired) electrons. The summed E-state index contributed by atoms with van der Waals surface area (Å²) in [5, 5.41) is 3.50.